The lowest BCUT2D eigenvalue weighted by molar-refractivity contribution is -0.139. The zero-order valence-corrected chi connectivity index (χ0v) is 18.8. The van der Waals surface area contributed by atoms with E-state index in [0.29, 0.717) is 42.3 Å². The maximum atomic E-state index is 13.0. The quantitative estimate of drug-likeness (QED) is 0.687. The Morgan fingerprint density at radius 1 is 1.10 bits per heavy atom. The lowest BCUT2D eigenvalue weighted by atomic mass is 10.1. The van der Waals surface area contributed by atoms with Crippen molar-refractivity contribution in [3.63, 3.8) is 0 Å². The standard InChI is InChI=1S/C22H23ClN2O5S/c1-16-3-7-20(31(28,29)25-11-9-24(2)10-12-25)14-17(16)4-5-18-13-19(23)6-8-21(18)30-15-22(26)27/h3,6-8,13-14H,9-12,15H2,1-2H3,(H,26,27). The van der Waals surface area contributed by atoms with Crippen LogP contribution in [0.15, 0.2) is 41.3 Å². The van der Waals surface area contributed by atoms with E-state index in [0.717, 1.165) is 5.56 Å². The maximum absolute atomic E-state index is 13.0. The summed E-state index contributed by atoms with van der Waals surface area (Å²) in [4.78, 5) is 13.1. The van der Waals surface area contributed by atoms with Crippen molar-refractivity contribution in [2.24, 2.45) is 0 Å². The van der Waals surface area contributed by atoms with Gasteiger partial charge < -0.3 is 14.7 Å². The first-order valence-corrected chi connectivity index (χ1v) is 11.4. The molecule has 0 radical (unpaired) electrons. The van der Waals surface area contributed by atoms with E-state index in [-0.39, 0.29) is 10.6 Å². The van der Waals surface area contributed by atoms with Crippen molar-refractivity contribution >= 4 is 27.6 Å². The first kappa shape index (κ1) is 23.1. The Bertz CT molecular complexity index is 1150. The van der Waals surface area contributed by atoms with Crippen LogP contribution in [0.4, 0.5) is 0 Å². The summed E-state index contributed by atoms with van der Waals surface area (Å²) < 4.78 is 32.9. The highest BCUT2D eigenvalue weighted by molar-refractivity contribution is 7.89. The molecule has 3 rings (SSSR count). The number of hydrogen-bond donors (Lipinski definition) is 1. The van der Waals surface area contributed by atoms with Crippen LogP contribution >= 0.6 is 11.6 Å². The van der Waals surface area contributed by atoms with Gasteiger partial charge in [-0.3, -0.25) is 0 Å². The number of aryl methyl sites for hydroxylation is 1. The summed E-state index contributed by atoms with van der Waals surface area (Å²) in [6, 6.07) is 9.60. The largest absolute Gasteiger partial charge is 0.481 e. The normalized spacial score (nSPS) is 15.2. The van der Waals surface area contributed by atoms with Gasteiger partial charge >= 0.3 is 5.97 Å². The summed E-state index contributed by atoms with van der Waals surface area (Å²) in [6.07, 6.45) is 0. The Hall–Kier alpha value is -2.57. The molecular weight excluding hydrogens is 440 g/mol. The molecule has 31 heavy (non-hydrogen) atoms. The summed E-state index contributed by atoms with van der Waals surface area (Å²) in [5.74, 6) is 5.10. The number of carboxylic acids is 1. The van der Waals surface area contributed by atoms with E-state index < -0.39 is 22.6 Å². The van der Waals surface area contributed by atoms with Crippen LogP contribution in [-0.4, -0.2) is 68.5 Å². The van der Waals surface area contributed by atoms with Gasteiger partial charge in [0.05, 0.1) is 10.5 Å². The molecule has 164 valence electrons. The van der Waals surface area contributed by atoms with Crippen LogP contribution in [0.5, 0.6) is 5.75 Å². The molecule has 2 aromatic carbocycles. The van der Waals surface area contributed by atoms with Crippen LogP contribution in [-0.2, 0) is 14.8 Å². The van der Waals surface area contributed by atoms with Gasteiger partial charge in [0.15, 0.2) is 6.61 Å². The van der Waals surface area contributed by atoms with Gasteiger partial charge in [0.25, 0.3) is 0 Å². The van der Waals surface area contributed by atoms with Crippen LogP contribution in [0.1, 0.15) is 16.7 Å². The Labute approximate surface area is 187 Å². The number of halogens is 1. The zero-order chi connectivity index (χ0) is 22.6. The first-order valence-electron chi connectivity index (χ1n) is 9.62. The Balaban J connectivity index is 1.92. The third kappa shape index (κ3) is 5.77. The van der Waals surface area contributed by atoms with Crippen molar-refractivity contribution in [1.82, 2.24) is 9.21 Å². The predicted octanol–water partition coefficient (Wildman–Crippen LogP) is 2.45. The van der Waals surface area contributed by atoms with Gasteiger partial charge in [-0.2, -0.15) is 4.31 Å². The van der Waals surface area contributed by atoms with Crippen LogP contribution in [0.3, 0.4) is 0 Å². The molecule has 1 N–H and O–H groups in total. The summed E-state index contributed by atoms with van der Waals surface area (Å²) >= 11 is 6.05. The molecule has 0 saturated carbocycles. The highest BCUT2D eigenvalue weighted by Gasteiger charge is 2.27. The van der Waals surface area contributed by atoms with Crippen LogP contribution < -0.4 is 4.74 Å². The Morgan fingerprint density at radius 3 is 2.45 bits per heavy atom. The molecule has 0 unspecified atom stereocenters. The number of carboxylic acid groups (broad SMARTS) is 1. The number of carbonyl (C=O) groups is 1. The zero-order valence-electron chi connectivity index (χ0n) is 17.3. The molecule has 1 aliphatic rings. The molecule has 0 bridgehead atoms. The van der Waals surface area contributed by atoms with Crippen molar-refractivity contribution in [1.29, 1.82) is 0 Å². The van der Waals surface area contributed by atoms with E-state index in [1.165, 1.54) is 4.31 Å². The first-order chi connectivity index (χ1) is 14.7. The van der Waals surface area contributed by atoms with E-state index >= 15 is 0 Å². The molecular formula is C22H23ClN2O5S. The van der Waals surface area contributed by atoms with Gasteiger partial charge in [-0.25, -0.2) is 13.2 Å². The number of ether oxygens (including phenoxy) is 1. The fourth-order valence-electron chi connectivity index (χ4n) is 3.07. The number of nitrogens with zero attached hydrogens (tertiary/aromatic N) is 2. The van der Waals surface area contributed by atoms with Gasteiger partial charge in [-0.1, -0.05) is 29.5 Å². The van der Waals surface area contributed by atoms with Crippen LogP contribution in [0, 0.1) is 18.8 Å². The summed E-state index contributed by atoms with van der Waals surface area (Å²) in [7, 11) is -1.65. The van der Waals surface area contributed by atoms with Crippen molar-refractivity contribution in [3.8, 4) is 17.6 Å². The second-order valence-corrected chi connectivity index (χ2v) is 9.63. The summed E-state index contributed by atoms with van der Waals surface area (Å²) in [5, 5.41) is 9.27. The summed E-state index contributed by atoms with van der Waals surface area (Å²) in [5.41, 5.74) is 1.79. The average molecular weight is 463 g/mol. The monoisotopic (exact) mass is 462 g/mol. The van der Waals surface area contributed by atoms with Gasteiger partial charge in [0, 0.05) is 36.8 Å². The number of hydrogen-bond acceptors (Lipinski definition) is 5. The smallest absolute Gasteiger partial charge is 0.341 e. The van der Waals surface area contributed by atoms with Crippen molar-refractivity contribution in [2.75, 3.05) is 39.8 Å². The number of aliphatic carboxylic acids is 1. The van der Waals surface area contributed by atoms with Crippen LogP contribution in [0.25, 0.3) is 0 Å². The molecule has 2 aromatic rings. The molecule has 1 heterocycles. The van der Waals surface area contributed by atoms with Gasteiger partial charge in [-0.15, -0.1) is 0 Å². The second kappa shape index (κ2) is 9.71. The topological polar surface area (TPSA) is 87.2 Å². The molecule has 1 aliphatic heterocycles. The van der Waals surface area contributed by atoms with Gasteiger partial charge in [0.1, 0.15) is 5.75 Å². The number of rotatable bonds is 5. The fraction of sp³-hybridized carbons (Fsp3) is 0.318. The molecule has 0 aromatic heterocycles. The van der Waals surface area contributed by atoms with Crippen LogP contribution in [0.2, 0.25) is 5.02 Å². The molecule has 0 atom stereocenters. The molecule has 1 saturated heterocycles. The van der Waals surface area contributed by atoms with E-state index in [2.05, 4.69) is 16.7 Å². The lowest BCUT2D eigenvalue weighted by Gasteiger charge is -2.31. The number of benzene rings is 2. The Morgan fingerprint density at radius 2 is 1.77 bits per heavy atom. The van der Waals surface area contributed by atoms with Gasteiger partial charge in [-0.05, 0) is 49.9 Å². The SMILES string of the molecule is Cc1ccc(S(=O)(=O)N2CCN(C)CC2)cc1C#Cc1cc(Cl)ccc1OCC(=O)O. The molecule has 0 aliphatic carbocycles. The molecule has 0 spiro atoms. The highest BCUT2D eigenvalue weighted by atomic mass is 35.5. The number of sulfonamides is 1. The maximum Gasteiger partial charge on any atom is 0.341 e. The fourth-order valence-corrected chi connectivity index (χ4v) is 4.69. The third-order valence-corrected chi connectivity index (χ3v) is 7.06. The predicted molar refractivity (Wildman–Crippen MR) is 118 cm³/mol. The minimum Gasteiger partial charge on any atom is -0.481 e. The van der Waals surface area contributed by atoms with E-state index in [1.54, 1.807) is 36.4 Å². The molecule has 9 heteroatoms. The molecule has 7 nitrogen and oxygen atoms in total. The molecule has 1 fully saturated rings. The second-order valence-electron chi connectivity index (χ2n) is 7.26. The number of likely N-dealkylation sites (N-methyl/N-ethyl adjacent to an activating group) is 1. The van der Waals surface area contributed by atoms with Gasteiger partial charge in [0.2, 0.25) is 10.0 Å². The third-order valence-electron chi connectivity index (χ3n) is 4.93. The Kier molecular flexibility index (Phi) is 7.23. The van der Waals surface area contributed by atoms with Crippen molar-refractivity contribution in [2.45, 2.75) is 11.8 Å². The molecule has 0 amide bonds. The average Bonchev–Trinajstić information content (AvgIpc) is 2.72. The van der Waals surface area contributed by atoms with E-state index in [9.17, 15) is 13.2 Å². The minimum atomic E-state index is -3.61. The minimum absolute atomic E-state index is 0.195. The lowest BCUT2D eigenvalue weighted by Crippen LogP contribution is -2.47. The van der Waals surface area contributed by atoms with Crippen molar-refractivity contribution in [3.05, 3.63) is 58.1 Å². The highest BCUT2D eigenvalue weighted by Crippen LogP contribution is 2.23. The summed E-state index contributed by atoms with van der Waals surface area (Å²) in [6.45, 7) is 3.60. The van der Waals surface area contributed by atoms with E-state index in [1.807, 2.05) is 14.0 Å². The van der Waals surface area contributed by atoms with Crippen molar-refractivity contribution < 1.29 is 23.1 Å². The van der Waals surface area contributed by atoms with E-state index in [4.69, 9.17) is 21.4 Å². The number of piperazine rings is 1.